The summed E-state index contributed by atoms with van der Waals surface area (Å²) in [5.41, 5.74) is 2.98. The van der Waals surface area contributed by atoms with E-state index >= 15 is 0 Å². The smallest absolute Gasteiger partial charge is 0.387 e. The van der Waals surface area contributed by atoms with Crippen LogP contribution in [0.4, 0.5) is 13.6 Å². The highest BCUT2D eigenvalue weighted by molar-refractivity contribution is 5.83. The average Bonchev–Trinajstić information content (AvgIpc) is 2.67. The van der Waals surface area contributed by atoms with Crippen LogP contribution in [0.2, 0.25) is 0 Å². The number of carbonyl (C=O) groups is 2. The maximum absolute atomic E-state index is 12.1. The second-order valence-electron chi connectivity index (χ2n) is 6.14. The molecule has 0 saturated carbocycles. The van der Waals surface area contributed by atoms with Crippen LogP contribution >= 0.6 is 0 Å². The van der Waals surface area contributed by atoms with Crippen LogP contribution in [0.25, 0.3) is 0 Å². The SMILES string of the molecule is Cc1ccc(CNC(=O)NCC(=O)NCCc2ccc(OC(F)F)cc2)cc1. The van der Waals surface area contributed by atoms with Gasteiger partial charge in [0.15, 0.2) is 0 Å². The Hall–Kier alpha value is -3.16. The summed E-state index contributed by atoms with van der Waals surface area (Å²) in [4.78, 5) is 23.5. The van der Waals surface area contributed by atoms with Crippen molar-refractivity contribution in [1.82, 2.24) is 16.0 Å². The van der Waals surface area contributed by atoms with E-state index in [2.05, 4.69) is 20.7 Å². The Kier molecular flexibility index (Phi) is 8.20. The Morgan fingerprint density at radius 1 is 0.929 bits per heavy atom. The minimum Gasteiger partial charge on any atom is -0.435 e. The van der Waals surface area contributed by atoms with Crippen molar-refractivity contribution in [3.05, 3.63) is 65.2 Å². The molecule has 3 amide bonds. The lowest BCUT2D eigenvalue weighted by Crippen LogP contribution is -2.42. The molecule has 6 nitrogen and oxygen atoms in total. The highest BCUT2D eigenvalue weighted by Gasteiger charge is 2.06. The molecule has 2 aromatic carbocycles. The van der Waals surface area contributed by atoms with Crippen molar-refractivity contribution in [2.75, 3.05) is 13.1 Å². The molecule has 0 atom stereocenters. The fourth-order valence-electron chi connectivity index (χ4n) is 2.36. The van der Waals surface area contributed by atoms with Crippen LogP contribution in [0.15, 0.2) is 48.5 Å². The molecule has 0 unspecified atom stereocenters. The molecule has 0 aromatic heterocycles. The van der Waals surface area contributed by atoms with E-state index < -0.39 is 12.6 Å². The predicted octanol–water partition coefficient (Wildman–Crippen LogP) is 2.75. The van der Waals surface area contributed by atoms with E-state index in [1.807, 2.05) is 31.2 Å². The zero-order valence-corrected chi connectivity index (χ0v) is 15.5. The first-order valence-corrected chi connectivity index (χ1v) is 8.80. The first-order valence-electron chi connectivity index (χ1n) is 8.80. The minimum atomic E-state index is -2.85. The number of halogens is 2. The summed E-state index contributed by atoms with van der Waals surface area (Å²) < 4.78 is 28.4. The summed E-state index contributed by atoms with van der Waals surface area (Å²) in [6, 6.07) is 13.5. The summed E-state index contributed by atoms with van der Waals surface area (Å²) >= 11 is 0. The zero-order chi connectivity index (χ0) is 20.4. The standard InChI is InChI=1S/C20H23F2N3O3/c1-14-2-4-16(5-3-14)12-24-20(27)25-13-18(26)23-11-10-15-6-8-17(9-7-15)28-19(21)22/h2-9,19H,10-13H2,1H3,(H,23,26)(H2,24,25,27). The second kappa shape index (κ2) is 10.9. The molecule has 28 heavy (non-hydrogen) atoms. The molecule has 0 spiro atoms. The van der Waals surface area contributed by atoms with Crippen LogP contribution in [0, 0.1) is 6.92 Å². The lowest BCUT2D eigenvalue weighted by Gasteiger charge is -2.09. The Labute approximate surface area is 162 Å². The number of alkyl halides is 2. The van der Waals surface area contributed by atoms with Gasteiger partial charge in [-0.1, -0.05) is 42.0 Å². The third-order valence-electron chi connectivity index (χ3n) is 3.87. The van der Waals surface area contributed by atoms with E-state index in [9.17, 15) is 18.4 Å². The lowest BCUT2D eigenvalue weighted by atomic mass is 10.1. The van der Waals surface area contributed by atoms with Gasteiger partial charge in [0.05, 0.1) is 6.54 Å². The number of benzene rings is 2. The quantitative estimate of drug-likeness (QED) is 0.615. The van der Waals surface area contributed by atoms with E-state index in [0.29, 0.717) is 19.5 Å². The molecule has 0 bridgehead atoms. The van der Waals surface area contributed by atoms with Gasteiger partial charge in [-0.2, -0.15) is 8.78 Å². The van der Waals surface area contributed by atoms with Crippen molar-refractivity contribution in [3.63, 3.8) is 0 Å². The van der Waals surface area contributed by atoms with Gasteiger partial charge < -0.3 is 20.7 Å². The Morgan fingerprint density at radius 2 is 1.57 bits per heavy atom. The van der Waals surface area contributed by atoms with Crippen molar-refractivity contribution in [2.45, 2.75) is 26.5 Å². The van der Waals surface area contributed by atoms with Gasteiger partial charge in [0.1, 0.15) is 5.75 Å². The van der Waals surface area contributed by atoms with Gasteiger partial charge in [-0.25, -0.2) is 4.79 Å². The molecule has 150 valence electrons. The van der Waals surface area contributed by atoms with Gasteiger partial charge in [-0.3, -0.25) is 4.79 Å². The van der Waals surface area contributed by atoms with Gasteiger partial charge in [-0.15, -0.1) is 0 Å². The van der Waals surface area contributed by atoms with Crippen molar-refractivity contribution in [3.8, 4) is 5.75 Å². The molecular formula is C20H23F2N3O3. The number of aryl methyl sites for hydroxylation is 1. The van der Waals surface area contributed by atoms with Crippen LogP contribution in [-0.4, -0.2) is 31.6 Å². The van der Waals surface area contributed by atoms with Crippen LogP contribution in [0.1, 0.15) is 16.7 Å². The summed E-state index contributed by atoms with van der Waals surface area (Å²) in [5.74, 6) is -0.230. The van der Waals surface area contributed by atoms with E-state index in [-0.39, 0.29) is 18.2 Å². The normalized spacial score (nSPS) is 10.4. The van der Waals surface area contributed by atoms with Crippen molar-refractivity contribution >= 4 is 11.9 Å². The lowest BCUT2D eigenvalue weighted by molar-refractivity contribution is -0.120. The fourth-order valence-corrected chi connectivity index (χ4v) is 2.36. The first-order chi connectivity index (χ1) is 13.4. The molecule has 0 aliphatic carbocycles. The molecule has 2 aromatic rings. The summed E-state index contributed by atoms with van der Waals surface area (Å²) in [5, 5.41) is 7.85. The van der Waals surface area contributed by atoms with E-state index in [1.54, 1.807) is 12.1 Å². The number of hydrogen-bond acceptors (Lipinski definition) is 3. The minimum absolute atomic E-state index is 0.0867. The number of nitrogens with one attached hydrogen (secondary N) is 3. The van der Waals surface area contributed by atoms with E-state index in [4.69, 9.17) is 0 Å². The molecule has 0 saturated heterocycles. The van der Waals surface area contributed by atoms with Gasteiger partial charge in [0, 0.05) is 13.1 Å². The molecule has 8 heteroatoms. The first kappa shape index (κ1) is 21.1. The number of carbonyl (C=O) groups excluding carboxylic acids is 2. The molecule has 0 heterocycles. The zero-order valence-electron chi connectivity index (χ0n) is 15.5. The number of ether oxygens (including phenoxy) is 1. The van der Waals surface area contributed by atoms with Gasteiger partial charge in [-0.05, 0) is 36.6 Å². The van der Waals surface area contributed by atoms with Crippen molar-refractivity contribution < 1.29 is 23.1 Å². The van der Waals surface area contributed by atoms with Crippen LogP contribution in [-0.2, 0) is 17.8 Å². The average molecular weight is 391 g/mol. The van der Waals surface area contributed by atoms with E-state index in [1.165, 1.54) is 12.1 Å². The molecule has 3 N–H and O–H groups in total. The summed E-state index contributed by atoms with van der Waals surface area (Å²) in [7, 11) is 0. The van der Waals surface area contributed by atoms with Gasteiger partial charge in [0.2, 0.25) is 5.91 Å². The topological polar surface area (TPSA) is 79.5 Å². The number of amides is 3. The molecule has 0 radical (unpaired) electrons. The van der Waals surface area contributed by atoms with Crippen LogP contribution in [0.5, 0.6) is 5.75 Å². The largest absolute Gasteiger partial charge is 0.435 e. The third kappa shape index (κ3) is 8.03. The van der Waals surface area contributed by atoms with Crippen molar-refractivity contribution in [1.29, 1.82) is 0 Å². The Morgan fingerprint density at radius 3 is 2.21 bits per heavy atom. The van der Waals surface area contributed by atoms with Crippen molar-refractivity contribution in [2.24, 2.45) is 0 Å². The highest BCUT2D eigenvalue weighted by atomic mass is 19.3. The van der Waals surface area contributed by atoms with Crippen LogP contribution in [0.3, 0.4) is 0 Å². The summed E-state index contributed by atoms with van der Waals surface area (Å²) in [6.07, 6.45) is 0.528. The van der Waals surface area contributed by atoms with Crippen LogP contribution < -0.4 is 20.7 Å². The summed E-state index contributed by atoms with van der Waals surface area (Å²) in [6.45, 7) is -0.272. The molecule has 0 aliphatic rings. The maximum Gasteiger partial charge on any atom is 0.387 e. The highest BCUT2D eigenvalue weighted by Crippen LogP contribution is 2.14. The second-order valence-corrected chi connectivity index (χ2v) is 6.14. The maximum atomic E-state index is 12.1. The number of urea groups is 1. The molecule has 0 aliphatic heterocycles. The fraction of sp³-hybridized carbons (Fsp3) is 0.300. The molecular weight excluding hydrogens is 368 g/mol. The Bertz CT molecular complexity index is 765. The van der Waals surface area contributed by atoms with Gasteiger partial charge >= 0.3 is 12.6 Å². The third-order valence-corrected chi connectivity index (χ3v) is 3.87. The predicted molar refractivity (Wildman–Crippen MR) is 101 cm³/mol. The number of rotatable bonds is 9. The number of hydrogen-bond donors (Lipinski definition) is 3. The van der Waals surface area contributed by atoms with E-state index in [0.717, 1.165) is 16.7 Å². The molecule has 0 fully saturated rings. The molecule has 2 rings (SSSR count). The monoisotopic (exact) mass is 391 g/mol. The van der Waals surface area contributed by atoms with Gasteiger partial charge in [0.25, 0.3) is 0 Å². The Balaban J connectivity index is 1.60.